The number of hydrogen-bond donors (Lipinski definition) is 2. The van der Waals surface area contributed by atoms with Crippen molar-refractivity contribution < 1.29 is 4.74 Å². The number of nitrogens with zero attached hydrogens (tertiary/aromatic N) is 3. The molecule has 0 aliphatic rings. The maximum absolute atomic E-state index is 5.69. The molecule has 27 heavy (non-hydrogen) atoms. The van der Waals surface area contributed by atoms with E-state index in [4.69, 9.17) is 4.74 Å². The van der Waals surface area contributed by atoms with Crippen LogP contribution in [0.3, 0.4) is 0 Å². The molecule has 0 unspecified atom stereocenters. The third-order valence-electron chi connectivity index (χ3n) is 3.97. The Morgan fingerprint density at radius 3 is 2.67 bits per heavy atom. The molecule has 1 aromatic heterocycles. The minimum atomic E-state index is 0. The van der Waals surface area contributed by atoms with Crippen LogP contribution in [0.4, 0.5) is 0 Å². The summed E-state index contributed by atoms with van der Waals surface area (Å²) in [5.41, 5.74) is 0. The lowest BCUT2D eigenvalue weighted by atomic mass is 10.3. The Hall–Kier alpha value is -1.77. The van der Waals surface area contributed by atoms with E-state index < -0.39 is 0 Å². The summed E-state index contributed by atoms with van der Waals surface area (Å²) in [4.78, 5) is 8.85. The lowest BCUT2D eigenvalue weighted by Crippen LogP contribution is -2.38. The van der Waals surface area contributed by atoms with Gasteiger partial charge >= 0.3 is 0 Å². The monoisotopic (exact) mass is 485 g/mol. The van der Waals surface area contributed by atoms with Crippen LogP contribution in [0, 0.1) is 6.92 Å². The topological polar surface area (TPSA) is 63.5 Å². The second-order valence-corrected chi connectivity index (χ2v) is 6.08. The molecule has 7 heteroatoms. The number of nitrogens with one attached hydrogen (secondary N) is 2. The molecule has 150 valence electrons. The maximum atomic E-state index is 5.69. The van der Waals surface area contributed by atoms with E-state index in [1.807, 2.05) is 49.6 Å². The first-order valence-electron chi connectivity index (χ1n) is 9.47. The highest BCUT2D eigenvalue weighted by atomic mass is 127. The van der Waals surface area contributed by atoms with Crippen molar-refractivity contribution in [2.45, 2.75) is 39.7 Å². The summed E-state index contributed by atoms with van der Waals surface area (Å²) in [6.07, 6.45) is 7.00. The van der Waals surface area contributed by atoms with Gasteiger partial charge in [0.15, 0.2) is 5.96 Å². The van der Waals surface area contributed by atoms with Crippen molar-refractivity contribution in [2.75, 3.05) is 26.2 Å². The number of aryl methyl sites for hydroxylation is 2. The van der Waals surface area contributed by atoms with Gasteiger partial charge in [0, 0.05) is 45.0 Å². The first-order chi connectivity index (χ1) is 12.8. The van der Waals surface area contributed by atoms with Crippen LogP contribution in [0.5, 0.6) is 5.75 Å². The van der Waals surface area contributed by atoms with Gasteiger partial charge in [0.05, 0.1) is 6.61 Å². The Bertz CT molecular complexity index is 645. The molecule has 0 saturated carbocycles. The van der Waals surface area contributed by atoms with Gasteiger partial charge < -0.3 is 19.9 Å². The summed E-state index contributed by atoms with van der Waals surface area (Å²) in [5, 5.41) is 6.68. The number of aliphatic imine (C=N–C) groups is 1. The largest absolute Gasteiger partial charge is 0.494 e. The highest BCUT2D eigenvalue weighted by Gasteiger charge is 1.99. The quantitative estimate of drug-likeness (QED) is 0.221. The van der Waals surface area contributed by atoms with Crippen LogP contribution in [0.25, 0.3) is 0 Å². The normalized spacial score (nSPS) is 11.0. The van der Waals surface area contributed by atoms with E-state index in [0.29, 0.717) is 6.61 Å². The molecule has 1 aromatic carbocycles. The summed E-state index contributed by atoms with van der Waals surface area (Å²) >= 11 is 0. The number of aromatic nitrogens is 2. The summed E-state index contributed by atoms with van der Waals surface area (Å²) < 4.78 is 7.87. The van der Waals surface area contributed by atoms with Crippen molar-refractivity contribution in [3.05, 3.63) is 48.5 Å². The highest BCUT2D eigenvalue weighted by Crippen LogP contribution is 2.08. The predicted octanol–water partition coefficient (Wildman–Crippen LogP) is 3.61. The fraction of sp³-hybridized carbons (Fsp3) is 0.500. The number of para-hydroxylation sites is 1. The van der Waals surface area contributed by atoms with E-state index in [0.717, 1.165) is 63.0 Å². The second-order valence-electron chi connectivity index (χ2n) is 6.08. The molecule has 2 rings (SSSR count). The van der Waals surface area contributed by atoms with E-state index in [2.05, 4.69) is 32.1 Å². The minimum absolute atomic E-state index is 0. The smallest absolute Gasteiger partial charge is 0.191 e. The van der Waals surface area contributed by atoms with Crippen LogP contribution >= 0.6 is 24.0 Å². The molecule has 0 aliphatic heterocycles. The standard InChI is InChI=1S/C20H31N5O.HI/c1-3-21-20(23-12-7-8-15-25-16-14-22-18(25)2)24-13-9-17-26-19-10-5-4-6-11-19;/h4-6,10-11,14,16H,3,7-9,12-13,15,17H2,1-2H3,(H2,21,23,24);1H. The third kappa shape index (κ3) is 9.65. The van der Waals surface area contributed by atoms with Gasteiger partial charge in [-0.15, -0.1) is 24.0 Å². The van der Waals surface area contributed by atoms with Crippen molar-refractivity contribution in [3.63, 3.8) is 0 Å². The molecule has 2 aromatic rings. The van der Waals surface area contributed by atoms with E-state index in [9.17, 15) is 0 Å². The van der Waals surface area contributed by atoms with Crippen LogP contribution in [0.15, 0.2) is 47.7 Å². The molecule has 6 nitrogen and oxygen atoms in total. The molecule has 0 bridgehead atoms. The number of hydrogen-bond acceptors (Lipinski definition) is 3. The van der Waals surface area contributed by atoms with Crippen molar-refractivity contribution in [2.24, 2.45) is 4.99 Å². The van der Waals surface area contributed by atoms with Crippen LogP contribution in [-0.2, 0) is 6.54 Å². The Morgan fingerprint density at radius 1 is 1.15 bits per heavy atom. The van der Waals surface area contributed by atoms with E-state index >= 15 is 0 Å². The number of imidazole rings is 1. The number of rotatable bonds is 11. The van der Waals surface area contributed by atoms with Gasteiger partial charge in [0.2, 0.25) is 0 Å². The van der Waals surface area contributed by atoms with Gasteiger partial charge in [-0.05, 0) is 38.8 Å². The summed E-state index contributed by atoms with van der Waals surface area (Å²) in [5.74, 6) is 2.87. The number of halogens is 1. The van der Waals surface area contributed by atoms with Crippen molar-refractivity contribution in [1.82, 2.24) is 20.2 Å². The van der Waals surface area contributed by atoms with Gasteiger partial charge in [-0.2, -0.15) is 0 Å². The predicted molar refractivity (Wildman–Crippen MR) is 122 cm³/mol. The van der Waals surface area contributed by atoms with Crippen LogP contribution in [0.1, 0.15) is 32.0 Å². The van der Waals surface area contributed by atoms with Gasteiger partial charge in [-0.1, -0.05) is 18.2 Å². The van der Waals surface area contributed by atoms with Crippen molar-refractivity contribution >= 4 is 29.9 Å². The molecule has 0 atom stereocenters. The lowest BCUT2D eigenvalue weighted by molar-refractivity contribution is 0.313. The summed E-state index contributed by atoms with van der Waals surface area (Å²) in [6, 6.07) is 9.89. The van der Waals surface area contributed by atoms with Crippen LogP contribution in [-0.4, -0.2) is 41.8 Å². The van der Waals surface area contributed by atoms with Crippen molar-refractivity contribution in [3.8, 4) is 5.75 Å². The molecule has 0 saturated heterocycles. The third-order valence-corrected chi connectivity index (χ3v) is 3.97. The second kappa shape index (κ2) is 14.3. The van der Waals surface area contributed by atoms with Crippen molar-refractivity contribution in [1.29, 1.82) is 0 Å². The fourth-order valence-electron chi connectivity index (χ4n) is 2.56. The number of benzene rings is 1. The van der Waals surface area contributed by atoms with Crippen LogP contribution < -0.4 is 15.4 Å². The SMILES string of the molecule is CCNC(=NCCCOc1ccccc1)NCCCCn1ccnc1C.I. The molecule has 1 heterocycles. The molecule has 0 amide bonds. The highest BCUT2D eigenvalue weighted by molar-refractivity contribution is 14.0. The number of guanidine groups is 1. The first-order valence-corrected chi connectivity index (χ1v) is 9.47. The molecular weight excluding hydrogens is 453 g/mol. The Kier molecular flexibility index (Phi) is 12.3. The van der Waals surface area contributed by atoms with Gasteiger partial charge in [-0.3, -0.25) is 4.99 Å². The molecule has 0 aliphatic carbocycles. The Balaban J connectivity index is 0.00000364. The average molecular weight is 485 g/mol. The average Bonchev–Trinajstić information content (AvgIpc) is 3.07. The summed E-state index contributed by atoms with van der Waals surface area (Å²) in [7, 11) is 0. The molecular formula is C20H32IN5O. The first kappa shape index (κ1) is 23.3. The summed E-state index contributed by atoms with van der Waals surface area (Å²) in [6.45, 7) is 8.33. The van der Waals surface area contributed by atoms with Crippen LogP contribution in [0.2, 0.25) is 0 Å². The van der Waals surface area contributed by atoms with Gasteiger partial charge in [0.25, 0.3) is 0 Å². The Morgan fingerprint density at radius 2 is 1.96 bits per heavy atom. The molecule has 2 N–H and O–H groups in total. The molecule has 0 fully saturated rings. The Labute approximate surface area is 179 Å². The lowest BCUT2D eigenvalue weighted by Gasteiger charge is -2.12. The zero-order chi connectivity index (χ0) is 18.5. The minimum Gasteiger partial charge on any atom is -0.494 e. The van der Waals surface area contributed by atoms with E-state index in [-0.39, 0.29) is 24.0 Å². The molecule has 0 radical (unpaired) electrons. The molecule has 0 spiro atoms. The van der Waals surface area contributed by atoms with Gasteiger partial charge in [0.1, 0.15) is 11.6 Å². The number of unbranched alkanes of at least 4 members (excludes halogenated alkanes) is 1. The van der Waals surface area contributed by atoms with Gasteiger partial charge in [-0.25, -0.2) is 4.98 Å². The zero-order valence-electron chi connectivity index (χ0n) is 16.4. The van der Waals surface area contributed by atoms with E-state index in [1.54, 1.807) is 0 Å². The fourth-order valence-corrected chi connectivity index (χ4v) is 2.56. The maximum Gasteiger partial charge on any atom is 0.191 e. The van der Waals surface area contributed by atoms with E-state index in [1.165, 1.54) is 0 Å². The number of ether oxygens (including phenoxy) is 1. The zero-order valence-corrected chi connectivity index (χ0v) is 18.7.